The molecule has 6 nitrogen and oxygen atoms in total. The maximum Gasteiger partial charge on any atom is 0.308 e. The summed E-state index contributed by atoms with van der Waals surface area (Å²) in [6.07, 6.45) is 0.0883. The van der Waals surface area contributed by atoms with Gasteiger partial charge in [0.1, 0.15) is 5.76 Å². The average Bonchev–Trinajstić information content (AvgIpc) is 2.89. The second kappa shape index (κ2) is 7.09. The number of hydrogen-bond donors (Lipinski definition) is 1. The molecule has 1 aromatic carbocycles. The first-order valence-electron chi connectivity index (χ1n) is 7.37. The Morgan fingerprint density at radius 2 is 1.96 bits per heavy atom. The summed E-state index contributed by atoms with van der Waals surface area (Å²) in [5, 5.41) is 8.91. The highest BCUT2D eigenvalue weighted by Gasteiger charge is 2.20. The van der Waals surface area contributed by atoms with Crippen LogP contribution >= 0.6 is 0 Å². The molecule has 0 aliphatic carbocycles. The summed E-state index contributed by atoms with van der Waals surface area (Å²) < 4.78 is 5.62. The number of aryl methyl sites for hydroxylation is 1. The van der Waals surface area contributed by atoms with E-state index in [4.69, 9.17) is 9.52 Å². The minimum Gasteiger partial charge on any atom is -0.481 e. The lowest BCUT2D eigenvalue weighted by Crippen LogP contribution is -2.34. The van der Waals surface area contributed by atoms with E-state index in [2.05, 4.69) is 4.98 Å². The number of rotatable bonds is 6. The van der Waals surface area contributed by atoms with Crippen molar-refractivity contribution in [3.05, 3.63) is 41.8 Å². The van der Waals surface area contributed by atoms with Crippen molar-refractivity contribution < 1.29 is 19.1 Å². The van der Waals surface area contributed by atoms with Gasteiger partial charge in [-0.25, -0.2) is 4.98 Å². The maximum absolute atomic E-state index is 12.2. The molecule has 1 unspecified atom stereocenters. The minimum atomic E-state index is -0.923. The summed E-state index contributed by atoms with van der Waals surface area (Å²) in [5.41, 5.74) is 1.42. The third-order valence-electron chi connectivity index (χ3n) is 3.63. The van der Waals surface area contributed by atoms with E-state index in [0.29, 0.717) is 17.3 Å². The van der Waals surface area contributed by atoms with Crippen LogP contribution in [0, 0.1) is 12.8 Å². The Morgan fingerprint density at radius 1 is 1.30 bits per heavy atom. The fraction of sp³-hybridized carbons (Fsp3) is 0.353. The molecule has 1 heterocycles. The van der Waals surface area contributed by atoms with Crippen LogP contribution in [0.15, 0.2) is 34.7 Å². The zero-order valence-corrected chi connectivity index (χ0v) is 13.4. The molecule has 0 fully saturated rings. The van der Waals surface area contributed by atoms with Gasteiger partial charge in [-0.1, -0.05) is 25.1 Å². The SMILES string of the molecule is Cc1oc(-c2ccccc2)nc1CC(=O)N(C)CC(C)C(=O)O. The van der Waals surface area contributed by atoms with E-state index in [1.165, 1.54) is 4.90 Å². The number of carbonyl (C=O) groups is 2. The lowest BCUT2D eigenvalue weighted by atomic mass is 10.1. The van der Waals surface area contributed by atoms with E-state index in [9.17, 15) is 9.59 Å². The van der Waals surface area contributed by atoms with E-state index < -0.39 is 11.9 Å². The van der Waals surface area contributed by atoms with Crippen molar-refractivity contribution in [3.8, 4) is 11.5 Å². The Bertz CT molecular complexity index is 694. The zero-order chi connectivity index (χ0) is 17.0. The molecule has 122 valence electrons. The van der Waals surface area contributed by atoms with Crippen LogP contribution < -0.4 is 0 Å². The molecule has 0 saturated heterocycles. The molecule has 1 aromatic heterocycles. The molecular weight excluding hydrogens is 296 g/mol. The van der Waals surface area contributed by atoms with Crippen LogP contribution in [-0.2, 0) is 16.0 Å². The number of aromatic nitrogens is 1. The Kier molecular flexibility index (Phi) is 5.16. The molecule has 23 heavy (non-hydrogen) atoms. The molecule has 2 aromatic rings. The van der Waals surface area contributed by atoms with Crippen LogP contribution in [0.2, 0.25) is 0 Å². The molecule has 2 rings (SSSR count). The summed E-state index contributed by atoms with van der Waals surface area (Å²) in [7, 11) is 1.59. The van der Waals surface area contributed by atoms with Crippen molar-refractivity contribution in [2.24, 2.45) is 5.92 Å². The van der Waals surface area contributed by atoms with Crippen LogP contribution in [-0.4, -0.2) is 40.5 Å². The number of carbonyl (C=O) groups excluding carboxylic acids is 1. The van der Waals surface area contributed by atoms with Crippen molar-refractivity contribution in [3.63, 3.8) is 0 Å². The van der Waals surface area contributed by atoms with Gasteiger partial charge in [-0.2, -0.15) is 0 Å². The number of likely N-dealkylation sites (N-methyl/N-ethyl adjacent to an activating group) is 1. The van der Waals surface area contributed by atoms with Gasteiger partial charge < -0.3 is 14.4 Å². The topological polar surface area (TPSA) is 83.6 Å². The smallest absolute Gasteiger partial charge is 0.308 e. The molecule has 0 radical (unpaired) electrons. The lowest BCUT2D eigenvalue weighted by Gasteiger charge is -2.19. The third-order valence-corrected chi connectivity index (χ3v) is 3.63. The van der Waals surface area contributed by atoms with Crippen LogP contribution in [0.3, 0.4) is 0 Å². The van der Waals surface area contributed by atoms with Gasteiger partial charge in [0.05, 0.1) is 18.0 Å². The van der Waals surface area contributed by atoms with Gasteiger partial charge in [-0.3, -0.25) is 9.59 Å². The predicted molar refractivity (Wildman–Crippen MR) is 84.8 cm³/mol. The van der Waals surface area contributed by atoms with Gasteiger partial charge in [0, 0.05) is 19.2 Å². The zero-order valence-electron chi connectivity index (χ0n) is 13.4. The molecule has 0 aliphatic rings. The van der Waals surface area contributed by atoms with Crippen LogP contribution in [0.25, 0.3) is 11.5 Å². The molecular formula is C17H20N2O4. The van der Waals surface area contributed by atoms with Crippen LogP contribution in [0.1, 0.15) is 18.4 Å². The number of aliphatic carboxylic acids is 1. The highest BCUT2D eigenvalue weighted by Crippen LogP contribution is 2.21. The number of oxazole rings is 1. The number of amides is 1. The second-order valence-corrected chi connectivity index (χ2v) is 5.58. The Hall–Kier alpha value is -2.63. The fourth-order valence-electron chi connectivity index (χ4n) is 2.17. The monoisotopic (exact) mass is 316 g/mol. The molecule has 6 heteroatoms. The number of benzene rings is 1. The van der Waals surface area contributed by atoms with Gasteiger partial charge in [-0.05, 0) is 19.1 Å². The lowest BCUT2D eigenvalue weighted by molar-refractivity contribution is -0.142. The highest BCUT2D eigenvalue weighted by atomic mass is 16.4. The van der Waals surface area contributed by atoms with Crippen molar-refractivity contribution in [1.29, 1.82) is 0 Å². The largest absolute Gasteiger partial charge is 0.481 e. The van der Waals surface area contributed by atoms with Crippen LogP contribution in [0.4, 0.5) is 0 Å². The average molecular weight is 316 g/mol. The fourth-order valence-corrected chi connectivity index (χ4v) is 2.17. The van der Waals surface area contributed by atoms with Gasteiger partial charge in [0.15, 0.2) is 0 Å². The maximum atomic E-state index is 12.2. The Balaban J connectivity index is 2.07. The minimum absolute atomic E-state index is 0.0883. The van der Waals surface area contributed by atoms with E-state index >= 15 is 0 Å². The predicted octanol–water partition coefficient (Wildman–Crippen LogP) is 2.37. The molecule has 0 bridgehead atoms. The van der Waals surface area contributed by atoms with E-state index in [1.807, 2.05) is 30.3 Å². The van der Waals surface area contributed by atoms with E-state index in [0.717, 1.165) is 5.56 Å². The summed E-state index contributed by atoms with van der Waals surface area (Å²) in [4.78, 5) is 28.9. The Morgan fingerprint density at radius 3 is 2.57 bits per heavy atom. The van der Waals surface area contributed by atoms with E-state index in [1.54, 1.807) is 20.9 Å². The van der Waals surface area contributed by atoms with Gasteiger partial charge in [-0.15, -0.1) is 0 Å². The number of nitrogens with zero attached hydrogens (tertiary/aromatic N) is 2. The van der Waals surface area contributed by atoms with Crippen LogP contribution in [0.5, 0.6) is 0 Å². The Labute approximate surface area is 134 Å². The van der Waals surface area contributed by atoms with E-state index in [-0.39, 0.29) is 18.9 Å². The summed E-state index contributed by atoms with van der Waals surface area (Å²) in [6, 6.07) is 9.46. The van der Waals surface area contributed by atoms with Crippen molar-refractivity contribution in [1.82, 2.24) is 9.88 Å². The molecule has 1 N–H and O–H groups in total. The first-order chi connectivity index (χ1) is 10.9. The molecule has 0 saturated carbocycles. The van der Waals surface area contributed by atoms with Gasteiger partial charge in [0.2, 0.25) is 11.8 Å². The number of carboxylic acid groups (broad SMARTS) is 1. The molecule has 0 aliphatic heterocycles. The van der Waals surface area contributed by atoms with Gasteiger partial charge >= 0.3 is 5.97 Å². The summed E-state index contributed by atoms with van der Waals surface area (Å²) in [5.74, 6) is -0.644. The summed E-state index contributed by atoms with van der Waals surface area (Å²) >= 11 is 0. The molecule has 1 amide bonds. The number of carboxylic acids is 1. The molecule has 0 spiro atoms. The van der Waals surface area contributed by atoms with Gasteiger partial charge in [0.25, 0.3) is 0 Å². The highest BCUT2D eigenvalue weighted by molar-refractivity contribution is 5.79. The second-order valence-electron chi connectivity index (χ2n) is 5.58. The summed E-state index contributed by atoms with van der Waals surface area (Å²) in [6.45, 7) is 3.50. The number of hydrogen-bond acceptors (Lipinski definition) is 4. The van der Waals surface area contributed by atoms with Crippen molar-refractivity contribution in [2.45, 2.75) is 20.3 Å². The van der Waals surface area contributed by atoms with Crippen molar-refractivity contribution in [2.75, 3.05) is 13.6 Å². The standard InChI is InChI=1S/C17H20N2O4/c1-11(17(21)22)10-19(3)15(20)9-14-12(2)23-16(18-14)13-7-5-4-6-8-13/h4-8,11H,9-10H2,1-3H3,(H,21,22). The molecule has 1 atom stereocenters. The quantitative estimate of drug-likeness (QED) is 0.884. The first kappa shape index (κ1) is 16.7. The van der Waals surface area contributed by atoms with Crippen molar-refractivity contribution >= 4 is 11.9 Å². The normalized spacial score (nSPS) is 12.0. The first-order valence-corrected chi connectivity index (χ1v) is 7.37. The third kappa shape index (κ3) is 4.18.